The first-order valence-electron chi connectivity index (χ1n) is 4.87. The van der Waals surface area contributed by atoms with E-state index in [0.29, 0.717) is 6.42 Å². The van der Waals surface area contributed by atoms with Crippen molar-refractivity contribution in [3.05, 3.63) is 0 Å². The first-order chi connectivity index (χ1) is 6.90. The molecule has 0 aliphatic carbocycles. The number of hydrogen-bond acceptors (Lipinski definition) is 4. The number of hydrogen-bond donors (Lipinski definition) is 4. The Morgan fingerprint density at radius 2 is 2.00 bits per heavy atom. The summed E-state index contributed by atoms with van der Waals surface area (Å²) in [6, 6.07) is -2.03. The van der Waals surface area contributed by atoms with Crippen LogP contribution in [0.15, 0.2) is 0 Å². The topological polar surface area (TPSA) is 113 Å². The molecule has 5 N–H and O–H groups in total. The summed E-state index contributed by atoms with van der Waals surface area (Å²) in [5, 5.41) is 20.0. The normalized spacial score (nSPS) is 16.5. The van der Waals surface area contributed by atoms with E-state index in [2.05, 4.69) is 5.32 Å². The van der Waals surface area contributed by atoms with E-state index >= 15 is 0 Å². The summed E-state index contributed by atoms with van der Waals surface area (Å²) in [4.78, 5) is 22.0. The molecule has 0 fully saturated rings. The lowest BCUT2D eigenvalue weighted by Crippen LogP contribution is -2.52. The van der Waals surface area contributed by atoms with Gasteiger partial charge in [0.05, 0.1) is 12.1 Å². The van der Waals surface area contributed by atoms with Crippen LogP contribution in [-0.2, 0) is 9.59 Å². The number of carbonyl (C=O) groups excluding carboxylic acids is 1. The Hall–Kier alpha value is -1.14. The van der Waals surface area contributed by atoms with Gasteiger partial charge in [-0.1, -0.05) is 13.3 Å². The predicted octanol–water partition coefficient (Wildman–Crippen LogP) is -0.936. The van der Waals surface area contributed by atoms with Gasteiger partial charge >= 0.3 is 5.97 Å². The molecule has 3 atom stereocenters. The number of rotatable bonds is 6. The van der Waals surface area contributed by atoms with Crippen LogP contribution < -0.4 is 11.1 Å². The molecule has 6 heteroatoms. The number of aliphatic carboxylic acids is 1. The van der Waals surface area contributed by atoms with Crippen molar-refractivity contribution in [2.75, 3.05) is 0 Å². The van der Waals surface area contributed by atoms with Crippen molar-refractivity contribution >= 4 is 11.9 Å². The van der Waals surface area contributed by atoms with Crippen LogP contribution >= 0.6 is 0 Å². The largest absolute Gasteiger partial charge is 0.480 e. The van der Waals surface area contributed by atoms with Crippen LogP contribution in [0.1, 0.15) is 26.7 Å². The predicted molar refractivity (Wildman–Crippen MR) is 54.1 cm³/mol. The Bertz CT molecular complexity index is 230. The maximum Gasteiger partial charge on any atom is 0.328 e. The minimum Gasteiger partial charge on any atom is -0.480 e. The van der Waals surface area contributed by atoms with Gasteiger partial charge in [-0.3, -0.25) is 4.79 Å². The molecule has 0 saturated carbocycles. The number of carboxylic acids is 1. The fraction of sp³-hybridized carbons (Fsp3) is 0.778. The van der Waals surface area contributed by atoms with E-state index in [0.717, 1.165) is 6.42 Å². The lowest BCUT2D eigenvalue weighted by molar-refractivity contribution is -0.145. The van der Waals surface area contributed by atoms with Crippen molar-refractivity contribution in [1.82, 2.24) is 5.32 Å². The number of aliphatic hydroxyl groups is 1. The van der Waals surface area contributed by atoms with Gasteiger partial charge in [-0.2, -0.15) is 0 Å². The Balaban J connectivity index is 4.29. The minimum absolute atomic E-state index is 0.484. The first-order valence-corrected chi connectivity index (χ1v) is 4.87. The number of amides is 1. The Morgan fingerprint density at radius 3 is 2.33 bits per heavy atom. The summed E-state index contributed by atoms with van der Waals surface area (Å²) in [5.41, 5.74) is 5.49. The van der Waals surface area contributed by atoms with E-state index < -0.39 is 30.1 Å². The highest BCUT2D eigenvalue weighted by Crippen LogP contribution is 1.97. The first kappa shape index (κ1) is 13.9. The average molecular weight is 218 g/mol. The van der Waals surface area contributed by atoms with Crippen molar-refractivity contribution in [3.63, 3.8) is 0 Å². The summed E-state index contributed by atoms with van der Waals surface area (Å²) in [6.45, 7) is 3.17. The molecule has 0 aromatic carbocycles. The number of carboxylic acid groups (broad SMARTS) is 1. The molecular weight excluding hydrogens is 200 g/mol. The molecular formula is C9H18N2O4. The average Bonchev–Trinajstić information content (AvgIpc) is 2.12. The number of nitrogens with two attached hydrogens (primary N) is 1. The van der Waals surface area contributed by atoms with E-state index in [1.165, 1.54) is 6.92 Å². The zero-order chi connectivity index (χ0) is 12.0. The molecule has 0 aromatic heterocycles. The number of nitrogens with one attached hydrogen (secondary N) is 1. The van der Waals surface area contributed by atoms with Gasteiger partial charge in [0.25, 0.3) is 0 Å². The van der Waals surface area contributed by atoms with Crippen LogP contribution in [0.2, 0.25) is 0 Å². The number of aliphatic hydroxyl groups excluding tert-OH is 1. The molecule has 0 bridgehead atoms. The third-order valence-electron chi connectivity index (χ3n) is 1.98. The molecule has 0 aromatic rings. The third kappa shape index (κ3) is 4.75. The summed E-state index contributed by atoms with van der Waals surface area (Å²) in [5.74, 6) is -1.83. The van der Waals surface area contributed by atoms with Gasteiger partial charge in [-0.15, -0.1) is 0 Å². The molecule has 0 spiro atoms. The maximum absolute atomic E-state index is 11.3. The molecule has 0 heterocycles. The maximum atomic E-state index is 11.3. The third-order valence-corrected chi connectivity index (χ3v) is 1.98. The van der Waals surface area contributed by atoms with Gasteiger partial charge in [-0.25, -0.2) is 4.79 Å². The fourth-order valence-electron chi connectivity index (χ4n) is 1.09. The monoisotopic (exact) mass is 218 g/mol. The lowest BCUT2D eigenvalue weighted by atomic mass is 10.1. The van der Waals surface area contributed by atoms with Crippen molar-refractivity contribution in [3.8, 4) is 0 Å². The number of carbonyl (C=O) groups is 2. The highest BCUT2D eigenvalue weighted by atomic mass is 16.4. The van der Waals surface area contributed by atoms with Crippen LogP contribution in [0, 0.1) is 0 Å². The minimum atomic E-state index is -1.31. The molecule has 6 nitrogen and oxygen atoms in total. The van der Waals surface area contributed by atoms with Crippen LogP contribution in [-0.4, -0.2) is 40.3 Å². The summed E-state index contributed by atoms with van der Waals surface area (Å²) in [7, 11) is 0. The Kier molecular flexibility index (Phi) is 5.88. The zero-order valence-corrected chi connectivity index (χ0v) is 8.93. The SMILES string of the molecule is CCC[C@H](N)C(=O)NC(C(=O)O)C(C)O. The summed E-state index contributed by atoms with van der Waals surface area (Å²) in [6.07, 6.45) is 0.0687. The van der Waals surface area contributed by atoms with E-state index in [-0.39, 0.29) is 0 Å². The Labute approximate surface area is 88.5 Å². The van der Waals surface area contributed by atoms with E-state index in [1.807, 2.05) is 6.92 Å². The van der Waals surface area contributed by atoms with E-state index in [4.69, 9.17) is 15.9 Å². The molecule has 0 aliphatic rings. The van der Waals surface area contributed by atoms with Crippen molar-refractivity contribution in [2.45, 2.75) is 44.9 Å². The van der Waals surface area contributed by atoms with Gasteiger partial charge in [0.2, 0.25) is 5.91 Å². The molecule has 0 saturated heterocycles. The smallest absolute Gasteiger partial charge is 0.328 e. The molecule has 15 heavy (non-hydrogen) atoms. The molecule has 0 aliphatic heterocycles. The lowest BCUT2D eigenvalue weighted by Gasteiger charge is -2.19. The van der Waals surface area contributed by atoms with Crippen molar-refractivity contribution in [2.24, 2.45) is 5.73 Å². The standard InChI is InChI=1S/C9H18N2O4/c1-3-4-6(10)8(13)11-7(5(2)12)9(14)15/h5-7,12H,3-4,10H2,1-2H3,(H,11,13)(H,14,15)/t5?,6-,7?/m0/s1. The van der Waals surface area contributed by atoms with Gasteiger partial charge in [-0.05, 0) is 13.3 Å². The second-order valence-corrected chi connectivity index (χ2v) is 3.46. The van der Waals surface area contributed by atoms with Crippen molar-refractivity contribution in [1.29, 1.82) is 0 Å². The highest BCUT2D eigenvalue weighted by Gasteiger charge is 2.26. The van der Waals surface area contributed by atoms with Gasteiger partial charge < -0.3 is 21.3 Å². The van der Waals surface area contributed by atoms with Crippen LogP contribution in [0.25, 0.3) is 0 Å². The zero-order valence-electron chi connectivity index (χ0n) is 8.93. The van der Waals surface area contributed by atoms with Crippen LogP contribution in [0.4, 0.5) is 0 Å². The van der Waals surface area contributed by atoms with Crippen LogP contribution in [0.3, 0.4) is 0 Å². The van der Waals surface area contributed by atoms with Crippen molar-refractivity contribution < 1.29 is 19.8 Å². The van der Waals surface area contributed by atoms with Gasteiger partial charge in [0, 0.05) is 0 Å². The molecule has 88 valence electrons. The van der Waals surface area contributed by atoms with Gasteiger partial charge in [0.1, 0.15) is 0 Å². The molecule has 0 rings (SSSR count). The summed E-state index contributed by atoms with van der Waals surface area (Å²) >= 11 is 0. The van der Waals surface area contributed by atoms with Crippen LogP contribution in [0.5, 0.6) is 0 Å². The second kappa shape index (κ2) is 6.36. The Morgan fingerprint density at radius 1 is 1.47 bits per heavy atom. The summed E-state index contributed by atoms with van der Waals surface area (Å²) < 4.78 is 0. The fourth-order valence-corrected chi connectivity index (χ4v) is 1.09. The van der Waals surface area contributed by atoms with E-state index in [1.54, 1.807) is 0 Å². The van der Waals surface area contributed by atoms with Gasteiger partial charge in [0.15, 0.2) is 6.04 Å². The molecule has 2 unspecified atom stereocenters. The molecule has 1 amide bonds. The second-order valence-electron chi connectivity index (χ2n) is 3.46. The highest BCUT2D eigenvalue weighted by molar-refractivity contribution is 5.87. The van der Waals surface area contributed by atoms with E-state index in [9.17, 15) is 9.59 Å². The quantitative estimate of drug-likeness (QED) is 0.460. The molecule has 0 radical (unpaired) electrons.